The summed E-state index contributed by atoms with van der Waals surface area (Å²) in [6, 6.07) is 7.13. The molecule has 1 aliphatic heterocycles. The van der Waals surface area contributed by atoms with E-state index in [4.69, 9.17) is 5.11 Å². The molecule has 0 radical (unpaired) electrons. The molecule has 19 heavy (non-hydrogen) atoms. The number of aliphatic hydroxyl groups excluding tert-OH is 1. The lowest BCUT2D eigenvalue weighted by Crippen LogP contribution is -2.70. The lowest BCUT2D eigenvalue weighted by Gasteiger charge is -2.58. The zero-order chi connectivity index (χ0) is 13.7. The van der Waals surface area contributed by atoms with E-state index in [0.717, 1.165) is 24.9 Å². The van der Waals surface area contributed by atoms with Crippen molar-refractivity contribution >= 4 is 9.84 Å². The first kappa shape index (κ1) is 13.1. The van der Waals surface area contributed by atoms with Crippen LogP contribution in [0.4, 0.5) is 0 Å². The second-order valence-electron chi connectivity index (χ2n) is 5.89. The summed E-state index contributed by atoms with van der Waals surface area (Å²) in [6.45, 7) is 2.74. The molecule has 1 spiro atoms. The summed E-state index contributed by atoms with van der Waals surface area (Å²) in [5.74, 6) is 0.275. The minimum atomic E-state index is -3.33. The highest BCUT2D eigenvalue weighted by Crippen LogP contribution is 2.54. The Morgan fingerprint density at radius 3 is 2.58 bits per heavy atom. The quantitative estimate of drug-likeness (QED) is 0.870. The van der Waals surface area contributed by atoms with Crippen molar-refractivity contribution in [3.63, 3.8) is 0 Å². The number of benzene rings is 1. The van der Waals surface area contributed by atoms with Gasteiger partial charge in [-0.05, 0) is 37.3 Å². The number of hydrogen-bond donors (Lipinski definition) is 2. The number of sulfone groups is 1. The number of aliphatic hydroxyl groups is 1. The zero-order valence-corrected chi connectivity index (χ0v) is 11.8. The molecule has 1 heterocycles. The highest BCUT2D eigenvalue weighted by Gasteiger charge is 2.60. The molecule has 1 aliphatic carbocycles. The van der Waals surface area contributed by atoms with E-state index in [1.54, 1.807) is 12.1 Å². The van der Waals surface area contributed by atoms with E-state index >= 15 is 0 Å². The second-order valence-corrected chi connectivity index (χ2v) is 7.89. The molecule has 5 heteroatoms. The molecule has 2 N–H and O–H groups in total. The van der Waals surface area contributed by atoms with Crippen LogP contribution in [0.2, 0.25) is 0 Å². The molecule has 0 bridgehead atoms. The summed E-state index contributed by atoms with van der Waals surface area (Å²) >= 11 is 0. The van der Waals surface area contributed by atoms with Crippen LogP contribution in [0, 0.1) is 18.3 Å². The average molecular weight is 281 g/mol. The van der Waals surface area contributed by atoms with Gasteiger partial charge in [0.15, 0.2) is 9.84 Å². The first-order valence-electron chi connectivity index (χ1n) is 6.63. The number of aryl methyl sites for hydroxylation is 1. The fourth-order valence-electron chi connectivity index (χ4n) is 3.49. The van der Waals surface area contributed by atoms with Gasteiger partial charge in [0.25, 0.3) is 0 Å². The van der Waals surface area contributed by atoms with E-state index in [2.05, 4.69) is 5.32 Å². The summed E-state index contributed by atoms with van der Waals surface area (Å²) in [5.41, 5.74) is 0.651. The van der Waals surface area contributed by atoms with Crippen molar-refractivity contribution in [1.82, 2.24) is 5.32 Å². The number of nitrogens with one attached hydrogen (secondary N) is 1. The standard InChI is InChI=1S/C14H19NO3S/c1-10-4-2-3-5-12(10)19(17,18)13-14(9-15-13)6-11(7-14)8-16/h2-5,11,13,15-16H,6-9H2,1H3. The van der Waals surface area contributed by atoms with Gasteiger partial charge in [-0.15, -0.1) is 0 Å². The number of rotatable bonds is 3. The van der Waals surface area contributed by atoms with Crippen LogP contribution in [0.5, 0.6) is 0 Å². The fourth-order valence-corrected chi connectivity index (χ4v) is 5.77. The molecule has 1 atom stereocenters. The Hall–Kier alpha value is -0.910. The van der Waals surface area contributed by atoms with E-state index in [9.17, 15) is 8.42 Å². The monoisotopic (exact) mass is 281 g/mol. The highest BCUT2D eigenvalue weighted by atomic mass is 32.2. The second kappa shape index (κ2) is 4.30. The Balaban J connectivity index is 1.89. The molecule has 4 nitrogen and oxygen atoms in total. The lowest BCUT2D eigenvalue weighted by molar-refractivity contribution is -0.0405. The summed E-state index contributed by atoms with van der Waals surface area (Å²) in [4.78, 5) is 0.430. The van der Waals surface area contributed by atoms with E-state index in [1.807, 2.05) is 19.1 Å². The first-order valence-corrected chi connectivity index (χ1v) is 8.18. The van der Waals surface area contributed by atoms with Gasteiger partial charge in [0.05, 0.1) is 4.90 Å². The largest absolute Gasteiger partial charge is 0.396 e. The molecule has 2 aliphatic rings. The summed E-state index contributed by atoms with van der Waals surface area (Å²) < 4.78 is 25.4. The van der Waals surface area contributed by atoms with Gasteiger partial charge in [0.2, 0.25) is 0 Å². The van der Waals surface area contributed by atoms with Gasteiger partial charge in [0.1, 0.15) is 5.37 Å². The van der Waals surface area contributed by atoms with Gasteiger partial charge in [-0.3, -0.25) is 5.32 Å². The predicted molar refractivity (Wildman–Crippen MR) is 72.4 cm³/mol. The van der Waals surface area contributed by atoms with Crippen LogP contribution < -0.4 is 5.32 Å². The molecule has 0 aromatic heterocycles. The third-order valence-electron chi connectivity index (χ3n) is 4.55. The molecule has 2 fully saturated rings. The van der Waals surface area contributed by atoms with E-state index < -0.39 is 15.2 Å². The Bertz CT molecular complexity index is 590. The summed E-state index contributed by atoms with van der Waals surface area (Å²) in [6.07, 6.45) is 1.62. The van der Waals surface area contributed by atoms with Crippen molar-refractivity contribution in [2.24, 2.45) is 11.3 Å². The first-order chi connectivity index (χ1) is 8.99. The van der Waals surface area contributed by atoms with Gasteiger partial charge in [-0.1, -0.05) is 18.2 Å². The van der Waals surface area contributed by atoms with E-state index in [1.165, 1.54) is 0 Å². The summed E-state index contributed by atoms with van der Waals surface area (Å²) in [7, 11) is -3.33. The Kier molecular flexibility index (Phi) is 2.96. The molecular formula is C14H19NO3S. The third kappa shape index (κ3) is 1.83. The Morgan fingerprint density at radius 1 is 1.37 bits per heavy atom. The van der Waals surface area contributed by atoms with Crippen molar-refractivity contribution in [2.45, 2.75) is 30.0 Å². The van der Waals surface area contributed by atoms with Crippen LogP contribution in [-0.4, -0.2) is 32.0 Å². The van der Waals surface area contributed by atoms with Crippen molar-refractivity contribution in [1.29, 1.82) is 0 Å². The maximum absolute atomic E-state index is 12.7. The van der Waals surface area contributed by atoms with Crippen molar-refractivity contribution in [3.8, 4) is 0 Å². The highest BCUT2D eigenvalue weighted by molar-refractivity contribution is 7.92. The fraction of sp³-hybridized carbons (Fsp3) is 0.571. The smallest absolute Gasteiger partial charge is 0.195 e. The van der Waals surface area contributed by atoms with Gasteiger partial charge < -0.3 is 5.11 Å². The lowest BCUT2D eigenvalue weighted by atomic mass is 9.58. The van der Waals surface area contributed by atoms with Gasteiger partial charge in [-0.2, -0.15) is 0 Å². The molecular weight excluding hydrogens is 262 g/mol. The molecule has 1 saturated heterocycles. The minimum absolute atomic E-state index is 0.144. The zero-order valence-electron chi connectivity index (χ0n) is 11.0. The number of hydrogen-bond acceptors (Lipinski definition) is 4. The van der Waals surface area contributed by atoms with Crippen LogP contribution in [-0.2, 0) is 9.84 Å². The van der Waals surface area contributed by atoms with Crippen LogP contribution in [0.25, 0.3) is 0 Å². The molecule has 1 saturated carbocycles. The minimum Gasteiger partial charge on any atom is -0.396 e. The van der Waals surface area contributed by atoms with Crippen LogP contribution in [0.3, 0.4) is 0 Å². The van der Waals surface area contributed by atoms with Gasteiger partial charge in [-0.25, -0.2) is 8.42 Å². The van der Waals surface area contributed by atoms with Crippen LogP contribution in [0.1, 0.15) is 18.4 Å². The maximum Gasteiger partial charge on any atom is 0.195 e. The molecule has 1 aromatic carbocycles. The SMILES string of the molecule is Cc1ccccc1S(=O)(=O)C1NCC12CC(CO)C2. The molecule has 0 amide bonds. The van der Waals surface area contributed by atoms with Crippen molar-refractivity contribution < 1.29 is 13.5 Å². The third-order valence-corrected chi connectivity index (χ3v) is 6.91. The molecule has 104 valence electrons. The Morgan fingerprint density at radius 2 is 2.05 bits per heavy atom. The van der Waals surface area contributed by atoms with Gasteiger partial charge >= 0.3 is 0 Å². The topological polar surface area (TPSA) is 66.4 Å². The predicted octanol–water partition coefficient (Wildman–Crippen LogP) is 1.09. The molecule has 3 rings (SSSR count). The average Bonchev–Trinajstić information content (AvgIpc) is 2.26. The molecule has 1 unspecified atom stereocenters. The van der Waals surface area contributed by atoms with Crippen molar-refractivity contribution in [2.75, 3.05) is 13.2 Å². The Labute approximate surface area is 113 Å². The molecule has 1 aromatic rings. The summed E-state index contributed by atoms with van der Waals surface area (Å²) in [5, 5.41) is 11.7. The van der Waals surface area contributed by atoms with Crippen LogP contribution in [0.15, 0.2) is 29.2 Å². The maximum atomic E-state index is 12.7. The van der Waals surface area contributed by atoms with Gasteiger partial charge in [0, 0.05) is 18.6 Å². The van der Waals surface area contributed by atoms with E-state index in [0.29, 0.717) is 4.90 Å². The normalized spacial score (nSPS) is 33.8. The van der Waals surface area contributed by atoms with Crippen molar-refractivity contribution in [3.05, 3.63) is 29.8 Å². The van der Waals surface area contributed by atoms with E-state index in [-0.39, 0.29) is 17.9 Å². The van der Waals surface area contributed by atoms with Crippen LogP contribution >= 0.6 is 0 Å².